The molecular formula is C28H22ClN5O2S. The van der Waals surface area contributed by atoms with Crippen LogP contribution in [-0.2, 0) is 6.54 Å². The molecule has 184 valence electrons. The topological polar surface area (TPSA) is 96.9 Å². The van der Waals surface area contributed by atoms with Crippen molar-refractivity contribution in [2.75, 3.05) is 5.32 Å². The second-order valence-electron chi connectivity index (χ2n) is 8.44. The number of fused-ring (bicyclic) bond motifs is 1. The minimum atomic E-state index is -0.359. The highest BCUT2D eigenvalue weighted by atomic mass is 35.5. The summed E-state index contributed by atoms with van der Waals surface area (Å²) in [7, 11) is 0. The van der Waals surface area contributed by atoms with Crippen molar-refractivity contribution in [1.82, 2.24) is 20.3 Å². The zero-order valence-corrected chi connectivity index (χ0v) is 21.7. The number of aryl methyl sites for hydroxylation is 1. The number of amides is 2. The lowest BCUT2D eigenvalue weighted by Gasteiger charge is -2.12. The number of carbonyl (C=O) groups is 2. The van der Waals surface area contributed by atoms with E-state index in [1.165, 1.54) is 11.3 Å². The van der Waals surface area contributed by atoms with E-state index >= 15 is 0 Å². The fourth-order valence-electron chi connectivity index (χ4n) is 3.98. The van der Waals surface area contributed by atoms with Crippen molar-refractivity contribution < 1.29 is 9.59 Å². The molecule has 0 saturated carbocycles. The van der Waals surface area contributed by atoms with Gasteiger partial charge in [-0.3, -0.25) is 19.6 Å². The molecule has 0 aliphatic rings. The predicted octanol–water partition coefficient (Wildman–Crippen LogP) is 6.21. The first-order chi connectivity index (χ1) is 17.9. The minimum absolute atomic E-state index is 0.264. The molecule has 0 radical (unpaired) electrons. The Bertz CT molecular complexity index is 1620. The molecule has 0 spiro atoms. The van der Waals surface area contributed by atoms with Crippen molar-refractivity contribution in [3.05, 3.63) is 105 Å². The maximum Gasteiger partial charge on any atom is 0.257 e. The lowest BCUT2D eigenvalue weighted by Crippen LogP contribution is -2.25. The number of pyridine rings is 3. The number of carbonyl (C=O) groups excluding carboxylic acids is 2. The summed E-state index contributed by atoms with van der Waals surface area (Å²) >= 11 is 7.63. The van der Waals surface area contributed by atoms with E-state index in [1.54, 1.807) is 49.1 Å². The lowest BCUT2D eigenvalue weighted by atomic mass is 10.0. The number of benzene rings is 1. The van der Waals surface area contributed by atoms with E-state index in [0.717, 1.165) is 21.6 Å². The van der Waals surface area contributed by atoms with Gasteiger partial charge in [-0.2, -0.15) is 0 Å². The quantitative estimate of drug-likeness (QED) is 0.274. The fraction of sp³-hybridized carbons (Fsp3) is 0.107. The standard InChI is InChI=1S/C28H22ClN5O2S/c1-16-17(2)37-28(25(16)27(36)32-14-18-5-3-9-30-13-18)34-26(35)22-12-24(19-6-4-10-31-15-19)33-23-8-7-20(29)11-21(22)23/h3-13,15H,14H2,1-2H3,(H,32,36)(H,34,35). The maximum absolute atomic E-state index is 13.7. The van der Waals surface area contributed by atoms with E-state index in [9.17, 15) is 9.59 Å². The molecule has 4 heterocycles. The number of aromatic nitrogens is 3. The van der Waals surface area contributed by atoms with Crippen molar-refractivity contribution in [1.29, 1.82) is 0 Å². The van der Waals surface area contributed by atoms with Gasteiger partial charge < -0.3 is 10.6 Å². The van der Waals surface area contributed by atoms with Gasteiger partial charge in [-0.25, -0.2) is 4.98 Å². The van der Waals surface area contributed by atoms with Crippen molar-refractivity contribution >= 4 is 50.7 Å². The van der Waals surface area contributed by atoms with Crippen LogP contribution < -0.4 is 10.6 Å². The SMILES string of the molecule is Cc1sc(NC(=O)c2cc(-c3cccnc3)nc3ccc(Cl)cc23)c(C(=O)NCc2cccnc2)c1C. The summed E-state index contributed by atoms with van der Waals surface area (Å²) in [6.45, 7) is 4.13. The van der Waals surface area contributed by atoms with Gasteiger partial charge in [0.15, 0.2) is 0 Å². The second-order valence-corrected chi connectivity index (χ2v) is 10.1. The molecule has 0 fully saturated rings. The molecule has 2 N–H and O–H groups in total. The monoisotopic (exact) mass is 527 g/mol. The smallest absolute Gasteiger partial charge is 0.257 e. The van der Waals surface area contributed by atoms with Gasteiger partial charge in [0.25, 0.3) is 11.8 Å². The van der Waals surface area contributed by atoms with Gasteiger partial charge in [0.05, 0.1) is 22.3 Å². The Morgan fingerprint density at radius 3 is 2.49 bits per heavy atom. The molecule has 0 saturated heterocycles. The summed E-state index contributed by atoms with van der Waals surface area (Å²) in [4.78, 5) is 40.8. The second kappa shape index (κ2) is 10.5. The third-order valence-electron chi connectivity index (χ3n) is 5.99. The first-order valence-corrected chi connectivity index (χ1v) is 12.7. The van der Waals surface area contributed by atoms with E-state index < -0.39 is 0 Å². The Morgan fingerprint density at radius 1 is 0.973 bits per heavy atom. The van der Waals surface area contributed by atoms with Crippen LogP contribution in [0.5, 0.6) is 0 Å². The number of hydrogen-bond acceptors (Lipinski definition) is 6. The molecule has 0 aliphatic carbocycles. The Labute approximate surface area is 222 Å². The van der Waals surface area contributed by atoms with Gasteiger partial charge in [0, 0.05) is 52.2 Å². The van der Waals surface area contributed by atoms with Crippen LogP contribution in [0.3, 0.4) is 0 Å². The molecule has 37 heavy (non-hydrogen) atoms. The number of nitrogens with one attached hydrogen (secondary N) is 2. The first-order valence-electron chi connectivity index (χ1n) is 11.5. The van der Waals surface area contributed by atoms with Crippen LogP contribution in [0.1, 0.15) is 36.7 Å². The van der Waals surface area contributed by atoms with E-state index in [4.69, 9.17) is 16.6 Å². The third kappa shape index (κ3) is 5.21. The number of anilines is 1. The van der Waals surface area contributed by atoms with Crippen molar-refractivity contribution in [2.24, 2.45) is 0 Å². The van der Waals surface area contributed by atoms with Crippen LogP contribution in [0, 0.1) is 13.8 Å². The molecule has 5 aromatic rings. The van der Waals surface area contributed by atoms with Crippen LogP contribution >= 0.6 is 22.9 Å². The molecule has 7 nitrogen and oxygen atoms in total. The molecule has 2 amide bonds. The largest absolute Gasteiger partial charge is 0.348 e. The number of nitrogens with zero attached hydrogens (tertiary/aromatic N) is 3. The molecular weight excluding hydrogens is 506 g/mol. The van der Waals surface area contributed by atoms with Gasteiger partial charge in [-0.05, 0) is 67.4 Å². The van der Waals surface area contributed by atoms with E-state index in [-0.39, 0.29) is 11.8 Å². The van der Waals surface area contributed by atoms with Crippen molar-refractivity contribution in [3.8, 4) is 11.3 Å². The summed E-state index contributed by atoms with van der Waals surface area (Å²) in [5, 5.41) is 7.51. The van der Waals surface area contributed by atoms with Gasteiger partial charge in [-0.15, -0.1) is 11.3 Å². The predicted molar refractivity (Wildman–Crippen MR) is 147 cm³/mol. The summed E-state index contributed by atoms with van der Waals surface area (Å²) in [6.07, 6.45) is 6.76. The molecule has 1 aromatic carbocycles. The zero-order valence-electron chi connectivity index (χ0n) is 20.1. The molecule has 4 aromatic heterocycles. The number of hydrogen-bond donors (Lipinski definition) is 2. The molecule has 0 unspecified atom stereocenters. The minimum Gasteiger partial charge on any atom is -0.348 e. The first kappa shape index (κ1) is 24.5. The summed E-state index contributed by atoms with van der Waals surface area (Å²) in [5.41, 5.74) is 4.58. The van der Waals surface area contributed by atoms with E-state index in [2.05, 4.69) is 20.6 Å². The normalized spacial score (nSPS) is 10.9. The van der Waals surface area contributed by atoms with Gasteiger partial charge in [0.1, 0.15) is 5.00 Å². The highest BCUT2D eigenvalue weighted by Gasteiger charge is 2.23. The highest BCUT2D eigenvalue weighted by molar-refractivity contribution is 7.16. The average molecular weight is 528 g/mol. The average Bonchev–Trinajstić information content (AvgIpc) is 3.20. The summed E-state index contributed by atoms with van der Waals surface area (Å²) < 4.78 is 0. The lowest BCUT2D eigenvalue weighted by molar-refractivity contribution is 0.0951. The van der Waals surface area contributed by atoms with Gasteiger partial charge in [-0.1, -0.05) is 17.7 Å². The van der Waals surface area contributed by atoms with Gasteiger partial charge in [0.2, 0.25) is 0 Å². The van der Waals surface area contributed by atoms with E-state index in [1.807, 2.05) is 38.1 Å². The highest BCUT2D eigenvalue weighted by Crippen LogP contribution is 2.34. The number of thiophene rings is 1. The molecule has 9 heteroatoms. The van der Waals surface area contributed by atoms with Crippen LogP contribution in [0.25, 0.3) is 22.2 Å². The molecule has 5 rings (SSSR count). The molecule has 0 bridgehead atoms. The van der Waals surface area contributed by atoms with Crippen LogP contribution in [0.15, 0.2) is 73.3 Å². The Hall–Kier alpha value is -4.14. The molecule has 0 aliphatic heterocycles. The Kier molecular flexibility index (Phi) is 6.94. The third-order valence-corrected chi connectivity index (χ3v) is 7.35. The fourth-order valence-corrected chi connectivity index (χ4v) is 5.21. The van der Waals surface area contributed by atoms with Gasteiger partial charge >= 0.3 is 0 Å². The number of rotatable bonds is 6. The van der Waals surface area contributed by atoms with Crippen LogP contribution in [0.2, 0.25) is 5.02 Å². The Morgan fingerprint density at radius 2 is 1.76 bits per heavy atom. The molecule has 0 atom stereocenters. The van der Waals surface area contributed by atoms with Crippen molar-refractivity contribution in [3.63, 3.8) is 0 Å². The van der Waals surface area contributed by atoms with Crippen LogP contribution in [-0.4, -0.2) is 26.8 Å². The number of halogens is 1. The van der Waals surface area contributed by atoms with Crippen LogP contribution in [0.4, 0.5) is 5.00 Å². The Balaban J connectivity index is 1.50. The summed E-state index contributed by atoms with van der Waals surface area (Å²) in [5.74, 6) is -0.623. The van der Waals surface area contributed by atoms with E-state index in [0.29, 0.717) is 44.3 Å². The van der Waals surface area contributed by atoms with Crippen molar-refractivity contribution in [2.45, 2.75) is 20.4 Å². The summed E-state index contributed by atoms with van der Waals surface area (Å²) in [6, 6.07) is 14.4. The maximum atomic E-state index is 13.7. The zero-order chi connectivity index (χ0) is 25.9.